The van der Waals surface area contributed by atoms with Crippen LogP contribution in [-0.4, -0.2) is 109 Å². The van der Waals surface area contributed by atoms with Crippen molar-refractivity contribution >= 4 is 29.6 Å². The van der Waals surface area contributed by atoms with Crippen LogP contribution in [-0.2, 0) is 28.8 Å². The summed E-state index contributed by atoms with van der Waals surface area (Å²) in [5.74, 6) is -2.30. The maximum absolute atomic E-state index is 12.1. The summed E-state index contributed by atoms with van der Waals surface area (Å²) in [6, 6.07) is 0. The van der Waals surface area contributed by atoms with Crippen LogP contribution in [0.3, 0.4) is 0 Å². The topological polar surface area (TPSA) is 120 Å². The summed E-state index contributed by atoms with van der Waals surface area (Å²) in [5.41, 5.74) is 0. The second-order valence-electron chi connectivity index (χ2n) is 7.29. The molecule has 0 bridgehead atoms. The normalized spacial score (nSPS) is 18.1. The number of amides is 4. The Kier molecular flexibility index (Phi) is 8.52. The SMILES string of the molecule is CN(CCNC(=O)[13CH2][15N]1CC[15N]([13CH3])[13CH2][13CH2]1)[13C](=O)[13CH2][13CH2][13C](=O)ON1C(=O)CCC1=O. The molecule has 2 saturated heterocycles. The Bertz CT molecular complexity index is 631. The first kappa shape index (κ1) is 22.8. The van der Waals surface area contributed by atoms with E-state index >= 15 is 0 Å². The number of likely N-dealkylation sites (N-methyl/N-ethyl adjacent to an activating group) is 2. The maximum Gasteiger partial charge on any atom is 0.333 e. The highest BCUT2D eigenvalue weighted by molar-refractivity contribution is 6.01. The van der Waals surface area contributed by atoms with Crippen LogP contribution in [0.25, 0.3) is 0 Å². The third-order valence-electron chi connectivity index (χ3n) is 4.90. The predicted octanol–water partition coefficient (Wildman–Crippen LogP) is -1.80. The Hall–Kier alpha value is -2.53. The lowest BCUT2D eigenvalue weighted by atomic mass is 10.4. The molecule has 0 unspecified atom stereocenters. The van der Waals surface area contributed by atoms with E-state index in [4.69, 9.17) is 4.84 Å². The molecule has 0 aromatic carbocycles. The number of hydroxylamine groups is 2. The molecule has 2 aliphatic heterocycles. The first-order chi connectivity index (χ1) is 13.8. The lowest BCUT2D eigenvalue weighted by molar-refractivity contribution is -0.197. The zero-order chi connectivity index (χ0) is 21.4. The first-order valence-corrected chi connectivity index (χ1v) is 9.74. The van der Waals surface area contributed by atoms with Gasteiger partial charge in [0.05, 0.1) is 13.0 Å². The van der Waals surface area contributed by atoms with Gasteiger partial charge < -0.3 is 20.0 Å². The van der Waals surface area contributed by atoms with Crippen molar-refractivity contribution in [1.29, 1.82) is 0 Å². The van der Waals surface area contributed by atoms with Crippen molar-refractivity contribution in [2.24, 2.45) is 0 Å². The number of rotatable bonds is 9. The molecule has 0 saturated carbocycles. The van der Waals surface area contributed by atoms with Gasteiger partial charge in [0.25, 0.3) is 11.8 Å². The van der Waals surface area contributed by atoms with Crippen LogP contribution in [0.2, 0.25) is 0 Å². The van der Waals surface area contributed by atoms with Crippen molar-refractivity contribution in [2.75, 3.05) is 59.9 Å². The van der Waals surface area contributed by atoms with E-state index < -0.39 is 17.8 Å². The molecule has 1 N–H and O–H groups in total. The van der Waals surface area contributed by atoms with E-state index in [1.807, 2.05) is 0 Å². The average molecular weight is 421 g/mol. The van der Waals surface area contributed by atoms with Crippen LogP contribution in [0.1, 0.15) is 25.7 Å². The van der Waals surface area contributed by atoms with E-state index in [2.05, 4.69) is 22.2 Å². The van der Waals surface area contributed by atoms with Gasteiger partial charge >= 0.3 is 5.97 Å². The molecule has 11 nitrogen and oxygen atoms in total. The monoisotopic (exact) mass is 421 g/mol. The maximum atomic E-state index is 12.1. The smallest absolute Gasteiger partial charge is 0.333 e. The minimum atomic E-state index is -0.809. The zero-order valence-corrected chi connectivity index (χ0v) is 17.0. The average Bonchev–Trinajstić information content (AvgIpc) is 2.99. The summed E-state index contributed by atoms with van der Waals surface area (Å²) < 4.78 is 0. The number of hydrogen-bond donors (Lipinski definition) is 1. The molecule has 11 heteroatoms. The van der Waals surface area contributed by atoms with Gasteiger partial charge in [-0.2, -0.15) is 0 Å². The van der Waals surface area contributed by atoms with Crippen LogP contribution in [0, 0.1) is 0 Å². The van der Waals surface area contributed by atoms with E-state index in [0.717, 1.165) is 26.2 Å². The molecule has 0 radical (unpaired) electrons. The summed E-state index contributed by atoms with van der Waals surface area (Å²) in [7, 11) is 3.63. The lowest BCUT2D eigenvalue weighted by Gasteiger charge is -2.31. The molecule has 0 aliphatic carbocycles. The number of hydrogen-bond acceptors (Lipinski definition) is 8. The number of piperazine rings is 1. The van der Waals surface area contributed by atoms with Crippen molar-refractivity contribution < 1.29 is 28.8 Å². The molecule has 162 valence electrons. The van der Waals surface area contributed by atoms with Gasteiger partial charge in [0, 0.05) is 65.6 Å². The van der Waals surface area contributed by atoms with Gasteiger partial charge in [-0.1, -0.05) is 0 Å². The zero-order valence-electron chi connectivity index (χ0n) is 17.0. The Morgan fingerprint density at radius 1 is 1.03 bits per heavy atom. The molecule has 4 amide bonds. The highest BCUT2D eigenvalue weighted by Crippen LogP contribution is 2.13. The summed E-state index contributed by atoms with van der Waals surface area (Å²) in [6.45, 7) is 4.55. The van der Waals surface area contributed by atoms with E-state index in [9.17, 15) is 24.0 Å². The van der Waals surface area contributed by atoms with Crippen LogP contribution in [0.5, 0.6) is 0 Å². The van der Waals surface area contributed by atoms with E-state index in [-0.39, 0.29) is 37.5 Å². The van der Waals surface area contributed by atoms with Crippen molar-refractivity contribution in [3.05, 3.63) is 0 Å². The predicted molar refractivity (Wildman–Crippen MR) is 101 cm³/mol. The molecular weight excluding hydrogens is 392 g/mol. The number of imide groups is 1. The molecule has 0 aromatic heterocycles. The van der Waals surface area contributed by atoms with Crippen molar-refractivity contribution in [1.82, 2.24) is 25.1 Å². The van der Waals surface area contributed by atoms with E-state index in [1.165, 1.54) is 4.90 Å². The van der Waals surface area contributed by atoms with Gasteiger partial charge in [-0.05, 0) is 7.05 Å². The standard InChI is InChI=1S/C18H29N5O6/c1-20-9-11-22(12-10-20)13-14(24)19-7-8-21(2)15(25)5-6-18(28)29-23-16(26)3-4-17(23)27/h3-13H2,1-2H3,(H,19,24)/i1+1,5+1,6+1,9+1,11+1,13+1,15+1,18+1,20+1,22+1. The summed E-state index contributed by atoms with van der Waals surface area (Å²) in [6.07, 6.45) is -0.306. The Labute approximate surface area is 169 Å². The minimum Gasteiger partial charge on any atom is -0.353 e. The molecule has 2 heterocycles. The third-order valence-corrected chi connectivity index (χ3v) is 4.90. The van der Waals surface area contributed by atoms with E-state index in [0.29, 0.717) is 24.7 Å². The van der Waals surface area contributed by atoms with Crippen LogP contribution in [0.4, 0.5) is 0 Å². The molecule has 0 atom stereocenters. The van der Waals surface area contributed by atoms with Gasteiger partial charge in [-0.3, -0.25) is 24.1 Å². The molecule has 2 rings (SSSR count). The summed E-state index contributed by atoms with van der Waals surface area (Å²) in [5, 5.41) is 3.25. The molecule has 0 aromatic rings. The number of carbonyl (C=O) groups is 5. The second kappa shape index (κ2) is 10.9. The summed E-state index contributed by atoms with van der Waals surface area (Å²) in [4.78, 5) is 69.0. The fraction of sp³-hybridized carbons (Fsp3) is 0.722. The van der Waals surface area contributed by atoms with Crippen molar-refractivity contribution in [2.45, 2.75) is 25.7 Å². The van der Waals surface area contributed by atoms with Gasteiger partial charge in [0.1, 0.15) is 0 Å². The molecule has 2 aliphatic rings. The van der Waals surface area contributed by atoms with Gasteiger partial charge in [-0.15, -0.1) is 5.06 Å². The van der Waals surface area contributed by atoms with Crippen molar-refractivity contribution in [3.63, 3.8) is 0 Å². The highest BCUT2D eigenvalue weighted by atomic mass is 16.8. The quantitative estimate of drug-likeness (QED) is 0.263. The fourth-order valence-corrected chi connectivity index (χ4v) is 2.96. The van der Waals surface area contributed by atoms with Crippen LogP contribution >= 0.6 is 0 Å². The molecule has 29 heavy (non-hydrogen) atoms. The third kappa shape index (κ3) is 7.42. The van der Waals surface area contributed by atoms with Crippen LogP contribution in [0.15, 0.2) is 0 Å². The number of carbonyl (C=O) groups excluding carboxylic acids is 5. The van der Waals surface area contributed by atoms with Crippen molar-refractivity contribution in [3.8, 4) is 0 Å². The van der Waals surface area contributed by atoms with Gasteiger partial charge in [0.15, 0.2) is 0 Å². The van der Waals surface area contributed by atoms with E-state index in [1.54, 1.807) is 7.05 Å². The lowest BCUT2D eigenvalue weighted by Crippen LogP contribution is -2.48. The highest BCUT2D eigenvalue weighted by Gasteiger charge is 2.32. The van der Waals surface area contributed by atoms with Crippen LogP contribution < -0.4 is 5.32 Å². The minimum absolute atomic E-state index is 0.0221. The molecule has 0 spiro atoms. The molecule has 2 fully saturated rings. The largest absolute Gasteiger partial charge is 0.353 e. The fourth-order valence-electron chi connectivity index (χ4n) is 2.96. The Morgan fingerprint density at radius 2 is 1.66 bits per heavy atom. The van der Waals surface area contributed by atoms with Gasteiger partial charge in [-0.25, -0.2) is 4.79 Å². The second-order valence-corrected chi connectivity index (χ2v) is 7.29. The number of nitrogens with one attached hydrogen (secondary N) is 1. The summed E-state index contributed by atoms with van der Waals surface area (Å²) >= 11 is 0. The Morgan fingerprint density at radius 3 is 2.28 bits per heavy atom. The van der Waals surface area contributed by atoms with Gasteiger partial charge in [0.2, 0.25) is 11.8 Å². The number of nitrogens with zero attached hydrogens (tertiary/aromatic N) is 4. The Balaban J connectivity index is 1.58. The molecular formula is C18H29N5O6. The first-order valence-electron chi connectivity index (χ1n) is 9.74.